The van der Waals surface area contributed by atoms with Crippen molar-refractivity contribution in [2.75, 3.05) is 19.0 Å². The van der Waals surface area contributed by atoms with Crippen LogP contribution in [-0.4, -0.2) is 53.9 Å². The number of anilines is 1. The average molecular weight is 394 g/mol. The number of carbonyl (C=O) groups is 1. The fourth-order valence-corrected chi connectivity index (χ4v) is 3.48. The molecule has 7 nitrogen and oxygen atoms in total. The Kier molecular flexibility index (Phi) is 7.73. The molecule has 148 valence electrons. The summed E-state index contributed by atoms with van der Waals surface area (Å²) < 4.78 is 6.43. The maximum absolute atomic E-state index is 12.1. The SMILES string of the molecule is CO[C@H](/C(=N/OCC(=O)Nc1ccc2ccsc2c1)[C@@H](O)[C@@H](C)O)C(C)C. The zero-order valence-corrected chi connectivity index (χ0v) is 16.7. The third-order valence-electron chi connectivity index (χ3n) is 4.02. The molecule has 2 aromatic rings. The Morgan fingerprint density at radius 2 is 2.00 bits per heavy atom. The van der Waals surface area contributed by atoms with Gasteiger partial charge in [0.05, 0.1) is 6.10 Å². The van der Waals surface area contributed by atoms with E-state index in [2.05, 4.69) is 10.5 Å². The van der Waals surface area contributed by atoms with E-state index in [1.165, 1.54) is 14.0 Å². The van der Waals surface area contributed by atoms with E-state index in [1.54, 1.807) is 11.3 Å². The van der Waals surface area contributed by atoms with Crippen molar-refractivity contribution < 1.29 is 24.6 Å². The van der Waals surface area contributed by atoms with Gasteiger partial charge in [-0.25, -0.2) is 0 Å². The number of benzene rings is 1. The van der Waals surface area contributed by atoms with Crippen molar-refractivity contribution in [3.8, 4) is 0 Å². The largest absolute Gasteiger partial charge is 0.390 e. The molecule has 1 aromatic heterocycles. The molecule has 0 saturated carbocycles. The van der Waals surface area contributed by atoms with Crippen molar-refractivity contribution in [3.05, 3.63) is 29.6 Å². The summed E-state index contributed by atoms with van der Waals surface area (Å²) in [5, 5.41) is 29.6. The van der Waals surface area contributed by atoms with Crippen molar-refractivity contribution in [1.29, 1.82) is 0 Å². The van der Waals surface area contributed by atoms with Gasteiger partial charge in [0, 0.05) is 17.5 Å². The first-order chi connectivity index (χ1) is 12.8. The summed E-state index contributed by atoms with van der Waals surface area (Å²) in [4.78, 5) is 17.2. The monoisotopic (exact) mass is 394 g/mol. The third-order valence-corrected chi connectivity index (χ3v) is 4.90. The number of nitrogens with one attached hydrogen (secondary N) is 1. The Morgan fingerprint density at radius 3 is 2.63 bits per heavy atom. The lowest BCUT2D eigenvalue weighted by Gasteiger charge is -2.25. The van der Waals surface area contributed by atoms with E-state index in [1.807, 2.05) is 43.5 Å². The first-order valence-electron chi connectivity index (χ1n) is 8.69. The van der Waals surface area contributed by atoms with E-state index < -0.39 is 18.3 Å². The summed E-state index contributed by atoms with van der Waals surface area (Å²) in [5.41, 5.74) is 0.819. The first-order valence-corrected chi connectivity index (χ1v) is 9.57. The standard InChI is InChI=1S/C19H26N2O5S/c1-11(2)19(25-4)17(18(24)12(3)22)21-26-10-16(23)20-14-6-5-13-7-8-27-15(13)9-14/h5-9,11-12,18-19,22,24H,10H2,1-4H3,(H,20,23)/b21-17+/t12-,18+,19+/m1/s1. The number of amides is 1. The molecule has 3 N–H and O–H groups in total. The summed E-state index contributed by atoms with van der Waals surface area (Å²) in [6, 6.07) is 7.66. The van der Waals surface area contributed by atoms with Gasteiger partial charge in [0.15, 0.2) is 6.61 Å². The van der Waals surface area contributed by atoms with Crippen LogP contribution < -0.4 is 5.32 Å². The van der Waals surface area contributed by atoms with Gasteiger partial charge in [-0.2, -0.15) is 0 Å². The maximum atomic E-state index is 12.1. The van der Waals surface area contributed by atoms with Gasteiger partial charge in [0.2, 0.25) is 0 Å². The van der Waals surface area contributed by atoms with E-state index in [4.69, 9.17) is 9.57 Å². The molecule has 0 radical (unpaired) electrons. The van der Waals surface area contributed by atoms with Gasteiger partial charge in [0.1, 0.15) is 17.9 Å². The second-order valence-corrected chi connectivity index (χ2v) is 7.54. The number of carbonyl (C=O) groups excluding carboxylic acids is 1. The highest BCUT2D eigenvalue weighted by Gasteiger charge is 2.29. The highest BCUT2D eigenvalue weighted by atomic mass is 32.1. The van der Waals surface area contributed by atoms with Crippen LogP contribution in [0.4, 0.5) is 5.69 Å². The van der Waals surface area contributed by atoms with Crippen LogP contribution in [0.25, 0.3) is 10.1 Å². The smallest absolute Gasteiger partial charge is 0.265 e. The van der Waals surface area contributed by atoms with Crippen LogP contribution in [-0.2, 0) is 14.4 Å². The Labute approximate surface area is 162 Å². The number of rotatable bonds is 9. The first kappa shape index (κ1) is 21.3. The normalized spacial score (nSPS) is 15.6. The minimum atomic E-state index is -1.25. The fraction of sp³-hybridized carbons (Fsp3) is 0.474. The van der Waals surface area contributed by atoms with Gasteiger partial charge in [-0.05, 0) is 41.8 Å². The molecular formula is C19H26N2O5S. The molecule has 0 aliphatic rings. The molecular weight excluding hydrogens is 368 g/mol. The predicted molar refractivity (Wildman–Crippen MR) is 107 cm³/mol. The van der Waals surface area contributed by atoms with E-state index in [9.17, 15) is 15.0 Å². The number of hydrogen-bond acceptors (Lipinski definition) is 7. The minimum Gasteiger partial charge on any atom is -0.390 e. The van der Waals surface area contributed by atoms with Crippen molar-refractivity contribution in [1.82, 2.24) is 0 Å². The fourth-order valence-electron chi connectivity index (χ4n) is 2.65. The molecule has 0 unspecified atom stereocenters. The van der Waals surface area contributed by atoms with Crippen LogP contribution >= 0.6 is 11.3 Å². The summed E-state index contributed by atoms with van der Waals surface area (Å²) in [7, 11) is 1.49. The van der Waals surface area contributed by atoms with Crippen LogP contribution in [0.5, 0.6) is 0 Å². The predicted octanol–water partition coefficient (Wildman–Crippen LogP) is 2.63. The lowest BCUT2D eigenvalue weighted by Crippen LogP contribution is -2.42. The molecule has 1 aromatic carbocycles. The highest BCUT2D eigenvalue weighted by Crippen LogP contribution is 2.24. The minimum absolute atomic E-state index is 0.00269. The zero-order chi connectivity index (χ0) is 20.0. The third kappa shape index (κ3) is 5.74. The molecule has 0 saturated heterocycles. The summed E-state index contributed by atoms with van der Waals surface area (Å²) in [6.07, 6.45) is -2.84. The van der Waals surface area contributed by atoms with Crippen molar-refractivity contribution >= 4 is 38.7 Å². The number of aliphatic hydroxyl groups excluding tert-OH is 2. The molecule has 0 bridgehead atoms. The maximum Gasteiger partial charge on any atom is 0.265 e. The van der Waals surface area contributed by atoms with Crippen molar-refractivity contribution in [2.24, 2.45) is 11.1 Å². The number of aliphatic hydroxyl groups is 2. The number of oxime groups is 1. The molecule has 3 atom stereocenters. The average Bonchev–Trinajstić information content (AvgIpc) is 3.07. The Bertz CT molecular complexity index is 787. The van der Waals surface area contributed by atoms with E-state index in [0.717, 1.165) is 10.1 Å². The van der Waals surface area contributed by atoms with Gasteiger partial charge < -0.3 is 25.1 Å². The Morgan fingerprint density at radius 1 is 1.26 bits per heavy atom. The van der Waals surface area contributed by atoms with E-state index >= 15 is 0 Å². The number of fused-ring (bicyclic) bond motifs is 1. The van der Waals surface area contributed by atoms with Crippen molar-refractivity contribution in [3.63, 3.8) is 0 Å². The number of nitrogens with zero attached hydrogens (tertiary/aromatic N) is 1. The van der Waals surface area contributed by atoms with Crippen LogP contribution in [0.2, 0.25) is 0 Å². The molecule has 0 spiro atoms. The topological polar surface area (TPSA) is 100 Å². The molecule has 8 heteroatoms. The van der Waals surface area contributed by atoms with Crippen LogP contribution in [0, 0.1) is 5.92 Å². The van der Waals surface area contributed by atoms with Gasteiger partial charge in [-0.3, -0.25) is 4.79 Å². The highest BCUT2D eigenvalue weighted by molar-refractivity contribution is 7.17. The Hall–Kier alpha value is -2.00. The van der Waals surface area contributed by atoms with Crippen LogP contribution in [0.1, 0.15) is 20.8 Å². The Balaban J connectivity index is 2.01. The molecule has 1 heterocycles. The molecule has 0 fully saturated rings. The second-order valence-electron chi connectivity index (χ2n) is 6.60. The van der Waals surface area contributed by atoms with Gasteiger partial charge in [0.25, 0.3) is 5.91 Å². The van der Waals surface area contributed by atoms with Crippen LogP contribution in [0.15, 0.2) is 34.8 Å². The van der Waals surface area contributed by atoms with Crippen molar-refractivity contribution in [2.45, 2.75) is 39.1 Å². The molecule has 0 aliphatic carbocycles. The van der Waals surface area contributed by atoms with Gasteiger partial charge in [-0.1, -0.05) is 25.1 Å². The second kappa shape index (κ2) is 9.80. The van der Waals surface area contributed by atoms with Gasteiger partial charge in [-0.15, -0.1) is 11.3 Å². The number of hydrogen-bond donors (Lipinski definition) is 3. The van der Waals surface area contributed by atoms with Crippen LogP contribution in [0.3, 0.4) is 0 Å². The van der Waals surface area contributed by atoms with Gasteiger partial charge >= 0.3 is 0 Å². The summed E-state index contributed by atoms with van der Waals surface area (Å²) in [5.74, 6) is -0.379. The lowest BCUT2D eigenvalue weighted by atomic mass is 9.96. The molecule has 27 heavy (non-hydrogen) atoms. The number of ether oxygens (including phenoxy) is 1. The quantitative estimate of drug-likeness (QED) is 0.448. The molecule has 1 amide bonds. The van der Waals surface area contributed by atoms with E-state index in [0.29, 0.717) is 5.69 Å². The summed E-state index contributed by atoms with van der Waals surface area (Å²) >= 11 is 1.59. The molecule has 2 rings (SSSR count). The van der Waals surface area contributed by atoms with E-state index in [-0.39, 0.29) is 24.1 Å². The summed E-state index contributed by atoms with van der Waals surface area (Å²) in [6.45, 7) is 4.91. The number of thiophene rings is 1. The molecule has 0 aliphatic heterocycles. The zero-order valence-electron chi connectivity index (χ0n) is 15.9. The number of methoxy groups -OCH3 is 1. The lowest BCUT2D eigenvalue weighted by molar-refractivity contribution is -0.120.